The van der Waals surface area contributed by atoms with E-state index in [1.54, 1.807) is 6.07 Å². The maximum Gasteiger partial charge on any atom is 0.254 e. The van der Waals surface area contributed by atoms with Crippen LogP contribution in [0, 0.1) is 6.92 Å². The third kappa shape index (κ3) is 4.17. The molecular weight excluding hydrogens is 428 g/mol. The first-order valence-electron chi connectivity index (χ1n) is 11.3. The van der Waals surface area contributed by atoms with Gasteiger partial charge in [0.2, 0.25) is 0 Å². The van der Waals surface area contributed by atoms with E-state index in [4.69, 9.17) is 5.73 Å². The van der Waals surface area contributed by atoms with Crippen LogP contribution in [-0.4, -0.2) is 39.8 Å². The Labute approximate surface area is 197 Å². The van der Waals surface area contributed by atoms with Crippen LogP contribution in [0.3, 0.4) is 0 Å². The Morgan fingerprint density at radius 1 is 1.12 bits per heavy atom. The molecule has 1 saturated heterocycles. The van der Waals surface area contributed by atoms with Crippen molar-refractivity contribution in [3.05, 3.63) is 83.2 Å². The number of pyridine rings is 1. The topological polar surface area (TPSA) is 116 Å². The first-order valence-corrected chi connectivity index (χ1v) is 11.3. The number of amides is 2. The number of carbonyl (C=O) groups excluding carboxylic acids is 2. The second-order valence-corrected chi connectivity index (χ2v) is 8.49. The number of benzene rings is 2. The zero-order valence-corrected chi connectivity index (χ0v) is 18.9. The molecule has 5 N–H and O–H groups in total. The van der Waals surface area contributed by atoms with Gasteiger partial charge in [-0.2, -0.15) is 0 Å². The van der Waals surface area contributed by atoms with Crippen LogP contribution in [0.2, 0.25) is 0 Å². The van der Waals surface area contributed by atoms with Crippen LogP contribution >= 0.6 is 0 Å². The second kappa shape index (κ2) is 8.90. The van der Waals surface area contributed by atoms with Crippen molar-refractivity contribution in [3.8, 4) is 0 Å². The van der Waals surface area contributed by atoms with E-state index in [-0.39, 0.29) is 5.91 Å². The van der Waals surface area contributed by atoms with E-state index in [9.17, 15) is 9.59 Å². The third-order valence-corrected chi connectivity index (χ3v) is 6.20. The molecule has 4 aromatic rings. The van der Waals surface area contributed by atoms with Gasteiger partial charge in [-0.05, 0) is 54.8 Å². The van der Waals surface area contributed by atoms with Crippen LogP contribution < -0.4 is 16.4 Å². The number of hydrogen-bond donors (Lipinski definition) is 4. The number of H-pyrrole nitrogens is 1. The molecule has 0 bridgehead atoms. The number of fused-ring (bicyclic) bond motifs is 1. The van der Waals surface area contributed by atoms with E-state index < -0.39 is 5.91 Å². The van der Waals surface area contributed by atoms with Gasteiger partial charge in [0.1, 0.15) is 5.82 Å². The lowest BCUT2D eigenvalue weighted by atomic mass is 10.0. The largest absolute Gasteiger partial charge is 0.380 e. The molecule has 0 aliphatic carbocycles. The van der Waals surface area contributed by atoms with Crippen molar-refractivity contribution in [2.75, 3.05) is 23.7 Å². The quantitative estimate of drug-likeness (QED) is 0.334. The summed E-state index contributed by atoms with van der Waals surface area (Å²) in [6.45, 7) is 4.09. The third-order valence-electron chi connectivity index (χ3n) is 6.20. The maximum absolute atomic E-state index is 12.6. The number of carbonyl (C=O) groups is 2. The van der Waals surface area contributed by atoms with Gasteiger partial charge in [-0.1, -0.05) is 12.1 Å². The Morgan fingerprint density at radius 3 is 2.71 bits per heavy atom. The fourth-order valence-electron chi connectivity index (χ4n) is 4.18. The van der Waals surface area contributed by atoms with E-state index >= 15 is 0 Å². The van der Waals surface area contributed by atoms with Crippen molar-refractivity contribution in [3.63, 3.8) is 0 Å². The van der Waals surface area contributed by atoms with Crippen molar-refractivity contribution in [2.24, 2.45) is 5.73 Å². The highest BCUT2D eigenvalue weighted by molar-refractivity contribution is 5.99. The number of primary amides is 1. The summed E-state index contributed by atoms with van der Waals surface area (Å²) >= 11 is 0. The molecule has 172 valence electrons. The van der Waals surface area contributed by atoms with Crippen molar-refractivity contribution < 1.29 is 9.59 Å². The summed E-state index contributed by atoms with van der Waals surface area (Å²) in [5, 5.41) is 7.72. The minimum atomic E-state index is -0.550. The number of hydrogen-bond acceptors (Lipinski definition) is 5. The van der Waals surface area contributed by atoms with Crippen molar-refractivity contribution in [2.45, 2.75) is 19.9 Å². The highest BCUT2D eigenvalue weighted by Crippen LogP contribution is 2.26. The van der Waals surface area contributed by atoms with E-state index in [1.165, 1.54) is 6.20 Å². The first-order chi connectivity index (χ1) is 16.5. The van der Waals surface area contributed by atoms with Gasteiger partial charge in [-0.3, -0.25) is 9.59 Å². The number of anilines is 3. The summed E-state index contributed by atoms with van der Waals surface area (Å²) in [5.41, 5.74) is 11.1. The summed E-state index contributed by atoms with van der Waals surface area (Å²) in [6, 6.07) is 15.5. The highest BCUT2D eigenvalue weighted by atomic mass is 16.2. The Hall–Kier alpha value is -4.33. The molecule has 0 saturated carbocycles. The number of aryl methyl sites for hydroxylation is 1. The smallest absolute Gasteiger partial charge is 0.254 e. The number of aromatic amines is 1. The Balaban J connectivity index is 1.36. The van der Waals surface area contributed by atoms with E-state index in [0.717, 1.165) is 47.2 Å². The standard InChI is InChI=1S/C26H26N6O2/c1-16-12-18(6-7-19(16)26(34)32-10-3-11-32)31-24-13-23(21(15-30-24)25(27)33)29-14-17-4-2-5-22-20(17)8-9-28-22/h2,4-9,12-13,15,28H,3,10-11,14H2,1H3,(H2,27,33)(H2,29,30,31). The van der Waals surface area contributed by atoms with Crippen molar-refractivity contribution in [1.82, 2.24) is 14.9 Å². The lowest BCUT2D eigenvalue weighted by Crippen LogP contribution is -2.42. The second-order valence-electron chi connectivity index (χ2n) is 8.49. The van der Waals surface area contributed by atoms with Gasteiger partial charge in [0.15, 0.2) is 0 Å². The van der Waals surface area contributed by atoms with Gasteiger partial charge in [0.05, 0.1) is 11.3 Å². The Bertz CT molecular complexity index is 1390. The monoisotopic (exact) mass is 454 g/mol. The molecule has 2 aromatic heterocycles. The summed E-state index contributed by atoms with van der Waals surface area (Å²) < 4.78 is 0. The maximum atomic E-state index is 12.6. The molecule has 5 rings (SSSR count). The zero-order chi connectivity index (χ0) is 23.7. The van der Waals surface area contributed by atoms with Crippen LogP contribution in [0.1, 0.15) is 38.3 Å². The number of likely N-dealkylation sites (tertiary alicyclic amines) is 1. The molecule has 1 aliphatic rings. The number of nitrogens with two attached hydrogens (primary N) is 1. The molecule has 1 fully saturated rings. The highest BCUT2D eigenvalue weighted by Gasteiger charge is 2.22. The van der Waals surface area contributed by atoms with E-state index in [1.807, 2.05) is 60.5 Å². The van der Waals surface area contributed by atoms with Crippen molar-refractivity contribution in [1.29, 1.82) is 0 Å². The Morgan fingerprint density at radius 2 is 1.97 bits per heavy atom. The van der Waals surface area contributed by atoms with Gasteiger partial charge in [-0.25, -0.2) is 4.98 Å². The number of nitrogens with zero attached hydrogens (tertiary/aromatic N) is 2. The molecule has 1 aliphatic heterocycles. The van der Waals surface area contributed by atoms with Crippen molar-refractivity contribution >= 4 is 39.9 Å². The van der Waals surface area contributed by atoms with Crippen LogP contribution in [-0.2, 0) is 6.54 Å². The van der Waals surface area contributed by atoms with Crippen LogP contribution in [0.15, 0.2) is 60.9 Å². The molecule has 2 amide bonds. The van der Waals surface area contributed by atoms with Crippen LogP contribution in [0.4, 0.5) is 17.2 Å². The molecular formula is C26H26N6O2. The molecule has 8 heteroatoms. The van der Waals surface area contributed by atoms with Gasteiger partial charge in [-0.15, -0.1) is 0 Å². The lowest BCUT2D eigenvalue weighted by Gasteiger charge is -2.31. The van der Waals surface area contributed by atoms with Gasteiger partial charge in [0, 0.05) is 60.2 Å². The summed E-state index contributed by atoms with van der Waals surface area (Å²) in [6.07, 6.45) is 4.44. The van der Waals surface area contributed by atoms with Crippen LogP contribution in [0.25, 0.3) is 10.9 Å². The molecule has 0 radical (unpaired) electrons. The van der Waals surface area contributed by atoms with Gasteiger partial charge in [0.25, 0.3) is 11.8 Å². The summed E-state index contributed by atoms with van der Waals surface area (Å²) in [4.78, 5) is 34.0. The SMILES string of the molecule is Cc1cc(Nc2cc(NCc3cccc4[nH]ccc34)c(C(N)=O)cn2)ccc1C(=O)N1CCC1. The summed E-state index contributed by atoms with van der Waals surface area (Å²) in [7, 11) is 0. The first kappa shape index (κ1) is 21.5. The Kier molecular flexibility index (Phi) is 5.63. The fraction of sp³-hybridized carbons (Fsp3) is 0.192. The van der Waals surface area contributed by atoms with Gasteiger partial charge < -0.3 is 26.3 Å². The molecule has 2 aromatic carbocycles. The van der Waals surface area contributed by atoms with Crippen LogP contribution in [0.5, 0.6) is 0 Å². The molecule has 8 nitrogen and oxygen atoms in total. The molecule has 3 heterocycles. The number of rotatable bonds is 7. The number of nitrogens with one attached hydrogen (secondary N) is 3. The average molecular weight is 455 g/mol. The average Bonchev–Trinajstić information content (AvgIpc) is 3.26. The molecule has 0 unspecified atom stereocenters. The molecule has 0 atom stereocenters. The van der Waals surface area contributed by atoms with Gasteiger partial charge >= 0.3 is 0 Å². The minimum absolute atomic E-state index is 0.0724. The fourth-order valence-corrected chi connectivity index (χ4v) is 4.18. The molecule has 34 heavy (non-hydrogen) atoms. The normalized spacial score (nSPS) is 12.9. The summed E-state index contributed by atoms with van der Waals surface area (Å²) in [5.74, 6) is 0.0860. The zero-order valence-electron chi connectivity index (χ0n) is 18.9. The van der Waals surface area contributed by atoms with E-state index in [2.05, 4.69) is 20.6 Å². The van der Waals surface area contributed by atoms with E-state index in [0.29, 0.717) is 29.2 Å². The lowest BCUT2D eigenvalue weighted by molar-refractivity contribution is 0.0651. The predicted octanol–water partition coefficient (Wildman–Crippen LogP) is 4.17. The number of aromatic nitrogens is 2. The predicted molar refractivity (Wildman–Crippen MR) is 133 cm³/mol. The minimum Gasteiger partial charge on any atom is -0.380 e. The molecule has 0 spiro atoms.